The van der Waals surface area contributed by atoms with Crippen LogP contribution in [0, 0.1) is 0 Å². The maximum absolute atomic E-state index is 12.1. The second kappa shape index (κ2) is 6.80. The van der Waals surface area contributed by atoms with Crippen molar-refractivity contribution in [1.29, 1.82) is 0 Å². The molecular formula is C15H22ClNO2. The van der Waals surface area contributed by atoms with E-state index in [1.807, 2.05) is 27.7 Å². The summed E-state index contributed by atoms with van der Waals surface area (Å²) >= 11 is 6.13. The van der Waals surface area contributed by atoms with Gasteiger partial charge in [-0.2, -0.15) is 0 Å². The molecule has 19 heavy (non-hydrogen) atoms. The third-order valence-corrected chi connectivity index (χ3v) is 3.29. The fraction of sp³-hybridized carbons (Fsp3) is 0.533. The molecular weight excluding hydrogens is 262 g/mol. The Hall–Kier alpha value is -1.22. The number of rotatable bonds is 6. The molecule has 0 spiro atoms. The highest BCUT2D eigenvalue weighted by Gasteiger charge is 2.22. The topological polar surface area (TPSA) is 38.3 Å². The number of ether oxygens (including phenoxy) is 1. The van der Waals surface area contributed by atoms with E-state index in [0.29, 0.717) is 22.9 Å². The fourth-order valence-electron chi connectivity index (χ4n) is 1.51. The van der Waals surface area contributed by atoms with Gasteiger partial charge in [-0.25, -0.2) is 0 Å². The summed E-state index contributed by atoms with van der Waals surface area (Å²) in [5, 5.41) is 3.25. The van der Waals surface area contributed by atoms with Crippen molar-refractivity contribution in [2.45, 2.75) is 46.1 Å². The van der Waals surface area contributed by atoms with E-state index in [1.165, 1.54) is 0 Å². The minimum atomic E-state index is -0.329. The van der Waals surface area contributed by atoms with E-state index in [-0.39, 0.29) is 11.5 Å². The van der Waals surface area contributed by atoms with Gasteiger partial charge in [0.25, 0.3) is 5.91 Å². The van der Waals surface area contributed by atoms with Crippen LogP contribution in [0.1, 0.15) is 50.9 Å². The molecule has 0 aromatic heterocycles. The predicted molar refractivity (Wildman–Crippen MR) is 79.1 cm³/mol. The van der Waals surface area contributed by atoms with Crippen molar-refractivity contribution in [3.63, 3.8) is 0 Å². The Labute approximate surface area is 120 Å². The lowest BCUT2D eigenvalue weighted by atomic mass is 10.1. The summed E-state index contributed by atoms with van der Waals surface area (Å²) in [7, 11) is 0. The van der Waals surface area contributed by atoms with Gasteiger partial charge in [-0.3, -0.25) is 4.79 Å². The standard InChI is InChI=1S/C15H22ClNO2/c1-5-10-17-14(18)13-11(16)8-7-9-12(13)19-15(3,4)6-2/h7-9H,5-6,10H2,1-4H3,(H,17,18). The first-order chi connectivity index (χ1) is 8.91. The smallest absolute Gasteiger partial charge is 0.256 e. The van der Waals surface area contributed by atoms with E-state index >= 15 is 0 Å². The van der Waals surface area contributed by atoms with Gasteiger partial charge in [0.05, 0.1) is 10.6 Å². The van der Waals surface area contributed by atoms with Gasteiger partial charge in [0.2, 0.25) is 0 Å². The number of nitrogens with one attached hydrogen (secondary N) is 1. The van der Waals surface area contributed by atoms with E-state index < -0.39 is 0 Å². The number of hydrogen-bond donors (Lipinski definition) is 1. The molecule has 0 atom stereocenters. The van der Waals surface area contributed by atoms with Crippen molar-refractivity contribution in [3.8, 4) is 5.75 Å². The Morgan fingerprint density at radius 3 is 2.63 bits per heavy atom. The molecule has 4 heteroatoms. The Kier molecular flexibility index (Phi) is 5.67. The van der Waals surface area contributed by atoms with Crippen molar-refractivity contribution < 1.29 is 9.53 Å². The van der Waals surface area contributed by atoms with E-state index in [1.54, 1.807) is 18.2 Å². The molecule has 1 aromatic carbocycles. The van der Waals surface area contributed by atoms with Crippen LogP contribution in [0.4, 0.5) is 0 Å². The first kappa shape index (κ1) is 15.8. The van der Waals surface area contributed by atoms with Gasteiger partial charge in [0, 0.05) is 6.54 Å². The summed E-state index contributed by atoms with van der Waals surface area (Å²) in [5.74, 6) is 0.349. The maximum atomic E-state index is 12.1. The Morgan fingerprint density at radius 1 is 1.37 bits per heavy atom. The van der Waals surface area contributed by atoms with Crippen LogP contribution in [0.2, 0.25) is 5.02 Å². The second-order valence-electron chi connectivity index (χ2n) is 5.08. The fourth-order valence-corrected chi connectivity index (χ4v) is 1.76. The first-order valence-electron chi connectivity index (χ1n) is 6.67. The quantitative estimate of drug-likeness (QED) is 0.855. The monoisotopic (exact) mass is 283 g/mol. The van der Waals surface area contributed by atoms with Crippen LogP contribution in [0.5, 0.6) is 5.75 Å². The Balaban J connectivity index is 3.05. The molecule has 1 aromatic rings. The molecule has 1 amide bonds. The minimum absolute atomic E-state index is 0.186. The molecule has 1 rings (SSSR count). The van der Waals surface area contributed by atoms with Crippen LogP contribution in [-0.4, -0.2) is 18.1 Å². The third-order valence-electron chi connectivity index (χ3n) is 2.98. The lowest BCUT2D eigenvalue weighted by molar-refractivity contribution is 0.0903. The summed E-state index contributed by atoms with van der Waals surface area (Å²) in [6.07, 6.45) is 1.72. The van der Waals surface area contributed by atoms with E-state index in [4.69, 9.17) is 16.3 Å². The van der Waals surface area contributed by atoms with Crippen LogP contribution in [0.3, 0.4) is 0 Å². The van der Waals surface area contributed by atoms with E-state index in [9.17, 15) is 4.79 Å². The molecule has 0 unspecified atom stereocenters. The average Bonchev–Trinajstić information content (AvgIpc) is 2.35. The molecule has 3 nitrogen and oxygen atoms in total. The summed E-state index contributed by atoms with van der Waals surface area (Å²) in [6.45, 7) is 8.65. The first-order valence-corrected chi connectivity index (χ1v) is 7.04. The van der Waals surface area contributed by atoms with Gasteiger partial charge in [-0.05, 0) is 38.8 Å². The molecule has 1 N–H and O–H groups in total. The summed E-state index contributed by atoms with van der Waals surface area (Å²) in [6, 6.07) is 5.28. The SMILES string of the molecule is CCCNC(=O)c1c(Cl)cccc1OC(C)(C)CC. The highest BCUT2D eigenvalue weighted by molar-refractivity contribution is 6.34. The highest BCUT2D eigenvalue weighted by atomic mass is 35.5. The number of benzene rings is 1. The zero-order chi connectivity index (χ0) is 14.5. The second-order valence-corrected chi connectivity index (χ2v) is 5.49. The lowest BCUT2D eigenvalue weighted by Gasteiger charge is -2.26. The molecule has 0 aliphatic rings. The molecule has 0 saturated heterocycles. The van der Waals surface area contributed by atoms with Gasteiger partial charge < -0.3 is 10.1 Å². The van der Waals surface area contributed by atoms with Gasteiger partial charge in [0.15, 0.2) is 0 Å². The molecule has 106 valence electrons. The maximum Gasteiger partial charge on any atom is 0.256 e. The van der Waals surface area contributed by atoms with Crippen molar-refractivity contribution in [2.75, 3.05) is 6.54 Å². The van der Waals surface area contributed by atoms with Gasteiger partial charge in [-0.1, -0.05) is 31.5 Å². The number of carbonyl (C=O) groups excluding carboxylic acids is 1. The molecule has 0 radical (unpaired) electrons. The van der Waals surface area contributed by atoms with Crippen molar-refractivity contribution in [1.82, 2.24) is 5.32 Å². The van der Waals surface area contributed by atoms with Gasteiger partial charge >= 0.3 is 0 Å². The summed E-state index contributed by atoms with van der Waals surface area (Å²) in [4.78, 5) is 12.1. The molecule has 0 heterocycles. The van der Waals surface area contributed by atoms with Crippen LogP contribution < -0.4 is 10.1 Å². The number of amides is 1. The molecule has 0 fully saturated rings. The minimum Gasteiger partial charge on any atom is -0.487 e. The normalized spacial score (nSPS) is 11.2. The Bertz CT molecular complexity index is 444. The number of hydrogen-bond acceptors (Lipinski definition) is 2. The average molecular weight is 284 g/mol. The van der Waals surface area contributed by atoms with Crippen LogP contribution >= 0.6 is 11.6 Å². The Morgan fingerprint density at radius 2 is 2.05 bits per heavy atom. The molecule has 0 saturated carbocycles. The number of halogens is 1. The molecule has 0 bridgehead atoms. The van der Waals surface area contributed by atoms with Crippen LogP contribution in [0.25, 0.3) is 0 Å². The van der Waals surface area contributed by atoms with Crippen LogP contribution in [0.15, 0.2) is 18.2 Å². The van der Waals surface area contributed by atoms with Crippen molar-refractivity contribution >= 4 is 17.5 Å². The summed E-state index contributed by atoms with van der Waals surface area (Å²) in [5.41, 5.74) is 0.0870. The van der Waals surface area contributed by atoms with Crippen LogP contribution in [-0.2, 0) is 0 Å². The third kappa shape index (κ3) is 4.43. The molecule has 0 aliphatic heterocycles. The zero-order valence-corrected chi connectivity index (χ0v) is 12.8. The van der Waals surface area contributed by atoms with Crippen molar-refractivity contribution in [3.05, 3.63) is 28.8 Å². The zero-order valence-electron chi connectivity index (χ0n) is 12.0. The van der Waals surface area contributed by atoms with Gasteiger partial charge in [0.1, 0.15) is 11.4 Å². The van der Waals surface area contributed by atoms with Gasteiger partial charge in [-0.15, -0.1) is 0 Å². The highest BCUT2D eigenvalue weighted by Crippen LogP contribution is 2.30. The number of carbonyl (C=O) groups is 1. The van der Waals surface area contributed by atoms with Crippen molar-refractivity contribution in [2.24, 2.45) is 0 Å². The van der Waals surface area contributed by atoms with E-state index in [2.05, 4.69) is 5.32 Å². The summed E-state index contributed by atoms with van der Waals surface area (Å²) < 4.78 is 5.92. The predicted octanol–water partition coefficient (Wildman–Crippen LogP) is 4.05. The lowest BCUT2D eigenvalue weighted by Crippen LogP contribution is -2.30. The largest absolute Gasteiger partial charge is 0.487 e. The van der Waals surface area contributed by atoms with E-state index in [0.717, 1.165) is 12.8 Å². The molecule has 0 aliphatic carbocycles.